The van der Waals surface area contributed by atoms with E-state index in [1.807, 2.05) is 26.1 Å². The first-order valence-electron chi connectivity index (χ1n) is 6.68. The van der Waals surface area contributed by atoms with Crippen molar-refractivity contribution in [2.24, 2.45) is 7.05 Å². The fraction of sp³-hybridized carbons (Fsp3) is 0.429. The quantitative estimate of drug-likeness (QED) is 0.879. The van der Waals surface area contributed by atoms with Gasteiger partial charge in [0.1, 0.15) is 5.75 Å². The van der Waals surface area contributed by atoms with Crippen molar-refractivity contribution in [3.05, 3.63) is 40.1 Å². The van der Waals surface area contributed by atoms with Crippen molar-refractivity contribution in [2.75, 3.05) is 13.2 Å². The molecule has 0 amide bonds. The zero-order valence-electron chi connectivity index (χ0n) is 11.9. The molecule has 2 rings (SSSR count). The third kappa shape index (κ3) is 3.19. The van der Waals surface area contributed by atoms with Crippen LogP contribution in [-0.4, -0.2) is 28.1 Å². The topological polar surface area (TPSA) is 52.0 Å². The zero-order valence-corrected chi connectivity index (χ0v) is 13.5. The summed E-state index contributed by atoms with van der Waals surface area (Å²) >= 11 is 3.47. The largest absolute Gasteiger partial charge is 0.494 e. The molecule has 0 saturated heterocycles. The van der Waals surface area contributed by atoms with Crippen LogP contribution in [-0.2, 0) is 7.05 Å². The SMILES string of the molecule is CCNC(c1ccc(OCC)cc1)c1c(Br)nnn1C. The molecule has 108 valence electrons. The van der Waals surface area contributed by atoms with Crippen molar-refractivity contribution in [3.63, 3.8) is 0 Å². The molecule has 1 N–H and O–H groups in total. The third-order valence-electron chi connectivity index (χ3n) is 3.03. The molecule has 20 heavy (non-hydrogen) atoms. The number of benzene rings is 1. The first-order valence-corrected chi connectivity index (χ1v) is 7.47. The van der Waals surface area contributed by atoms with Gasteiger partial charge in [-0.1, -0.05) is 24.3 Å². The molecule has 1 aromatic heterocycles. The highest BCUT2D eigenvalue weighted by Crippen LogP contribution is 2.27. The Morgan fingerprint density at radius 3 is 2.50 bits per heavy atom. The lowest BCUT2D eigenvalue weighted by atomic mass is 10.0. The van der Waals surface area contributed by atoms with Gasteiger partial charge in [-0.25, -0.2) is 4.68 Å². The monoisotopic (exact) mass is 338 g/mol. The Labute approximate surface area is 127 Å². The molecule has 5 nitrogen and oxygen atoms in total. The molecule has 1 unspecified atom stereocenters. The van der Waals surface area contributed by atoms with E-state index in [2.05, 4.69) is 50.6 Å². The minimum Gasteiger partial charge on any atom is -0.494 e. The van der Waals surface area contributed by atoms with E-state index >= 15 is 0 Å². The van der Waals surface area contributed by atoms with Gasteiger partial charge in [0.2, 0.25) is 0 Å². The predicted molar refractivity (Wildman–Crippen MR) is 81.8 cm³/mol. The standard InChI is InChI=1S/C14H19BrN4O/c1-4-16-12(13-14(15)17-18-19(13)3)10-6-8-11(9-7-10)20-5-2/h6-9,12,16H,4-5H2,1-3H3. The lowest BCUT2D eigenvalue weighted by molar-refractivity contribution is 0.340. The van der Waals surface area contributed by atoms with Gasteiger partial charge in [0, 0.05) is 7.05 Å². The van der Waals surface area contributed by atoms with Gasteiger partial charge >= 0.3 is 0 Å². The average Bonchev–Trinajstić information content (AvgIpc) is 2.77. The average molecular weight is 339 g/mol. The number of nitrogens with one attached hydrogen (secondary N) is 1. The lowest BCUT2D eigenvalue weighted by Gasteiger charge is -2.19. The van der Waals surface area contributed by atoms with Crippen molar-refractivity contribution >= 4 is 15.9 Å². The summed E-state index contributed by atoms with van der Waals surface area (Å²) in [6.07, 6.45) is 0. The van der Waals surface area contributed by atoms with E-state index in [4.69, 9.17) is 4.74 Å². The van der Waals surface area contributed by atoms with Crippen LogP contribution in [0.5, 0.6) is 5.75 Å². The highest BCUT2D eigenvalue weighted by atomic mass is 79.9. The van der Waals surface area contributed by atoms with Gasteiger partial charge in [0.05, 0.1) is 18.3 Å². The van der Waals surface area contributed by atoms with Gasteiger partial charge in [-0.05, 0) is 47.1 Å². The normalized spacial score (nSPS) is 12.4. The molecule has 1 aromatic carbocycles. The van der Waals surface area contributed by atoms with E-state index in [1.165, 1.54) is 0 Å². The second-order valence-corrected chi connectivity index (χ2v) is 5.13. The number of hydrogen-bond donors (Lipinski definition) is 1. The molecule has 0 aliphatic heterocycles. The van der Waals surface area contributed by atoms with Gasteiger partial charge < -0.3 is 10.1 Å². The van der Waals surface area contributed by atoms with Gasteiger partial charge in [-0.2, -0.15) is 0 Å². The predicted octanol–water partition coefficient (Wildman–Crippen LogP) is 2.68. The summed E-state index contributed by atoms with van der Waals surface area (Å²) in [5.74, 6) is 0.883. The Morgan fingerprint density at radius 2 is 2.00 bits per heavy atom. The van der Waals surface area contributed by atoms with Crippen LogP contribution in [0.25, 0.3) is 0 Å². The Balaban J connectivity index is 2.33. The summed E-state index contributed by atoms with van der Waals surface area (Å²) in [5, 5.41) is 11.6. The molecule has 6 heteroatoms. The van der Waals surface area contributed by atoms with Gasteiger partial charge in [0.15, 0.2) is 4.60 Å². The Morgan fingerprint density at radius 1 is 1.30 bits per heavy atom. The molecule has 0 aliphatic rings. The summed E-state index contributed by atoms with van der Waals surface area (Å²) in [5.41, 5.74) is 2.16. The van der Waals surface area contributed by atoms with Gasteiger partial charge in [-0.3, -0.25) is 0 Å². The molecule has 0 aliphatic carbocycles. The number of nitrogens with zero attached hydrogens (tertiary/aromatic N) is 3. The number of ether oxygens (including phenoxy) is 1. The highest BCUT2D eigenvalue weighted by molar-refractivity contribution is 9.10. The molecule has 2 aromatic rings. The lowest BCUT2D eigenvalue weighted by Crippen LogP contribution is -2.24. The van der Waals surface area contributed by atoms with E-state index < -0.39 is 0 Å². The Bertz CT molecular complexity index is 533. The van der Waals surface area contributed by atoms with Crippen molar-refractivity contribution in [2.45, 2.75) is 19.9 Å². The maximum atomic E-state index is 5.48. The van der Waals surface area contributed by atoms with Crippen LogP contribution in [0.15, 0.2) is 28.9 Å². The first kappa shape index (κ1) is 15.0. The fourth-order valence-electron chi connectivity index (χ4n) is 2.14. The fourth-order valence-corrected chi connectivity index (χ4v) is 2.70. The van der Waals surface area contributed by atoms with Gasteiger partial charge in [0.25, 0.3) is 0 Å². The van der Waals surface area contributed by atoms with Crippen LogP contribution in [0.4, 0.5) is 0 Å². The molecular formula is C14H19BrN4O. The number of aromatic nitrogens is 3. The van der Waals surface area contributed by atoms with E-state index in [-0.39, 0.29) is 6.04 Å². The molecule has 0 radical (unpaired) electrons. The van der Waals surface area contributed by atoms with Crippen LogP contribution in [0.2, 0.25) is 0 Å². The maximum Gasteiger partial charge on any atom is 0.153 e. The summed E-state index contributed by atoms with van der Waals surface area (Å²) in [6, 6.07) is 8.15. The maximum absolute atomic E-state index is 5.48. The smallest absolute Gasteiger partial charge is 0.153 e. The van der Waals surface area contributed by atoms with E-state index in [0.29, 0.717) is 6.61 Å². The summed E-state index contributed by atoms with van der Waals surface area (Å²) < 4.78 is 8.03. The number of aryl methyl sites for hydroxylation is 1. The number of halogens is 1. The summed E-state index contributed by atoms with van der Waals surface area (Å²) in [7, 11) is 1.89. The van der Waals surface area contributed by atoms with Crippen LogP contribution >= 0.6 is 15.9 Å². The Hall–Kier alpha value is -1.40. The van der Waals surface area contributed by atoms with E-state index in [1.54, 1.807) is 4.68 Å². The molecule has 0 bridgehead atoms. The molecule has 0 saturated carbocycles. The minimum absolute atomic E-state index is 0.0463. The summed E-state index contributed by atoms with van der Waals surface area (Å²) in [4.78, 5) is 0. The Kier molecular flexibility index (Phi) is 5.14. The van der Waals surface area contributed by atoms with Gasteiger partial charge in [-0.15, -0.1) is 5.10 Å². The third-order valence-corrected chi connectivity index (χ3v) is 3.60. The van der Waals surface area contributed by atoms with E-state index in [0.717, 1.165) is 28.2 Å². The molecule has 1 atom stereocenters. The van der Waals surface area contributed by atoms with Crippen molar-refractivity contribution in [1.29, 1.82) is 0 Å². The van der Waals surface area contributed by atoms with Crippen molar-refractivity contribution in [1.82, 2.24) is 20.3 Å². The van der Waals surface area contributed by atoms with Crippen LogP contribution < -0.4 is 10.1 Å². The zero-order chi connectivity index (χ0) is 14.5. The molecule has 0 spiro atoms. The minimum atomic E-state index is 0.0463. The highest BCUT2D eigenvalue weighted by Gasteiger charge is 2.21. The summed E-state index contributed by atoms with van der Waals surface area (Å²) in [6.45, 7) is 5.59. The molecule has 0 fully saturated rings. The number of rotatable bonds is 6. The number of hydrogen-bond acceptors (Lipinski definition) is 4. The molecule has 1 heterocycles. The first-order chi connectivity index (χ1) is 9.67. The van der Waals surface area contributed by atoms with E-state index in [9.17, 15) is 0 Å². The second-order valence-electron chi connectivity index (χ2n) is 4.38. The van der Waals surface area contributed by atoms with Crippen molar-refractivity contribution in [3.8, 4) is 5.75 Å². The van der Waals surface area contributed by atoms with Crippen LogP contribution in [0.1, 0.15) is 31.1 Å². The molecular weight excluding hydrogens is 320 g/mol. The second kappa shape index (κ2) is 6.85. The van der Waals surface area contributed by atoms with Crippen LogP contribution in [0, 0.1) is 0 Å². The van der Waals surface area contributed by atoms with Crippen molar-refractivity contribution < 1.29 is 4.74 Å². The van der Waals surface area contributed by atoms with Crippen LogP contribution in [0.3, 0.4) is 0 Å².